The van der Waals surface area contributed by atoms with Crippen LogP contribution in [0.2, 0.25) is 25.1 Å². The second-order valence-electron chi connectivity index (χ2n) is 7.16. The summed E-state index contributed by atoms with van der Waals surface area (Å²) >= 11 is 30.7. The molecule has 0 aliphatic rings. The molecule has 3 aromatic carbocycles. The minimum atomic E-state index is -2.63. The van der Waals surface area contributed by atoms with Gasteiger partial charge in [0.05, 0.1) is 41.8 Å². The second-order valence-corrected chi connectivity index (χ2v) is 10.5. The molecule has 1 unspecified atom stereocenters. The van der Waals surface area contributed by atoms with Gasteiger partial charge in [-0.2, -0.15) is 0 Å². The molecule has 0 aliphatic carbocycles. The molecule has 3 nitrogen and oxygen atoms in total. The predicted molar refractivity (Wildman–Crippen MR) is 134 cm³/mol. The molecule has 3 aromatic rings. The summed E-state index contributed by atoms with van der Waals surface area (Å²) in [5, 5.41) is -0.647. The van der Waals surface area contributed by atoms with Crippen LogP contribution in [0.5, 0.6) is 0 Å². The molecule has 0 fully saturated rings. The van der Waals surface area contributed by atoms with Crippen molar-refractivity contribution in [3.8, 4) is 0 Å². The number of hydrogen-bond acceptors (Lipinski definition) is 3. The summed E-state index contributed by atoms with van der Waals surface area (Å²) < 4.78 is 13.4. The lowest BCUT2D eigenvalue weighted by atomic mass is 10.0. The predicted octanol–water partition coefficient (Wildman–Crippen LogP) is 8.40. The molecule has 32 heavy (non-hydrogen) atoms. The fourth-order valence-electron chi connectivity index (χ4n) is 3.51. The number of benzene rings is 3. The third kappa shape index (κ3) is 4.48. The van der Waals surface area contributed by atoms with E-state index in [9.17, 15) is 14.2 Å². The van der Waals surface area contributed by atoms with Crippen molar-refractivity contribution in [3.05, 3.63) is 94.9 Å². The summed E-state index contributed by atoms with van der Waals surface area (Å²) in [7, 11) is -2.63. The first-order chi connectivity index (χ1) is 15.0. The summed E-state index contributed by atoms with van der Waals surface area (Å²) in [6.45, 7) is 5.48. The Bertz CT molecular complexity index is 1270. The molecule has 9 heteroatoms. The summed E-state index contributed by atoms with van der Waals surface area (Å²) in [4.78, 5) is 26.6. The summed E-state index contributed by atoms with van der Waals surface area (Å²) in [6.07, 6.45) is 0. The number of hydrogen-bond donors (Lipinski definition) is 0. The van der Waals surface area contributed by atoms with Gasteiger partial charge in [-0.15, -0.1) is 0 Å². The van der Waals surface area contributed by atoms with Crippen molar-refractivity contribution in [1.82, 2.24) is 0 Å². The third-order valence-electron chi connectivity index (χ3n) is 4.88. The van der Waals surface area contributed by atoms with E-state index in [1.807, 2.05) is 19.1 Å². The number of carbonyl (C=O) groups excluding carboxylic acids is 2. The van der Waals surface area contributed by atoms with Gasteiger partial charge in [0, 0.05) is 0 Å². The van der Waals surface area contributed by atoms with Crippen LogP contribution >= 0.6 is 65.8 Å². The molecule has 0 heterocycles. The van der Waals surface area contributed by atoms with E-state index in [1.54, 1.807) is 26.0 Å². The fraction of sp³-hybridized carbons (Fsp3) is 0.130. The second kappa shape index (κ2) is 9.81. The van der Waals surface area contributed by atoms with E-state index in [-0.39, 0.29) is 41.5 Å². The zero-order valence-corrected chi connectivity index (χ0v) is 21.7. The SMILES string of the molecule is Cc1cc(C)c(C(=O)[P+](=O)c2ccccc2C(=O)c2c(Cl)c(Cl)c(Cl)c(Cl)c2Cl)c(C)c1. The van der Waals surface area contributed by atoms with Crippen LogP contribution in [0.1, 0.15) is 43.0 Å². The highest BCUT2D eigenvalue weighted by Gasteiger charge is 2.39. The Kier molecular flexibility index (Phi) is 7.72. The molecule has 0 N–H and O–H groups in total. The van der Waals surface area contributed by atoms with Crippen molar-refractivity contribution >= 4 is 82.4 Å². The molecule has 3 rings (SSSR count). The van der Waals surface area contributed by atoms with Crippen LogP contribution in [-0.2, 0) is 4.57 Å². The first-order valence-electron chi connectivity index (χ1n) is 9.21. The van der Waals surface area contributed by atoms with Gasteiger partial charge in [-0.25, -0.2) is 4.79 Å². The van der Waals surface area contributed by atoms with Gasteiger partial charge < -0.3 is 0 Å². The van der Waals surface area contributed by atoms with Gasteiger partial charge >= 0.3 is 13.3 Å². The Hall–Kier alpha value is -1.45. The molecule has 1 atom stereocenters. The lowest BCUT2D eigenvalue weighted by Crippen LogP contribution is -2.17. The van der Waals surface area contributed by atoms with E-state index in [2.05, 4.69) is 0 Å². The Labute approximate surface area is 211 Å². The average molecular weight is 548 g/mol. The van der Waals surface area contributed by atoms with Gasteiger partial charge in [0.2, 0.25) is 11.1 Å². The molecule has 0 saturated carbocycles. The maximum absolute atomic E-state index is 13.4. The van der Waals surface area contributed by atoms with Gasteiger partial charge in [-0.3, -0.25) is 4.79 Å². The number of carbonyl (C=O) groups is 2. The highest BCUT2D eigenvalue weighted by Crippen LogP contribution is 2.45. The number of rotatable bonds is 5. The van der Waals surface area contributed by atoms with Crippen molar-refractivity contribution in [1.29, 1.82) is 0 Å². The lowest BCUT2D eigenvalue weighted by Gasteiger charge is -2.12. The van der Waals surface area contributed by atoms with E-state index < -0.39 is 19.1 Å². The molecule has 164 valence electrons. The summed E-state index contributed by atoms with van der Waals surface area (Å²) in [5.41, 5.74) is 2.03. The minimum Gasteiger partial charge on any atom is -0.288 e. The number of aryl methyl sites for hydroxylation is 3. The average Bonchev–Trinajstić information content (AvgIpc) is 2.75. The topological polar surface area (TPSA) is 51.2 Å². The van der Waals surface area contributed by atoms with Crippen molar-refractivity contribution in [3.63, 3.8) is 0 Å². The van der Waals surface area contributed by atoms with Crippen molar-refractivity contribution in [2.75, 3.05) is 0 Å². The maximum atomic E-state index is 13.4. The first-order valence-corrected chi connectivity index (χ1v) is 12.4. The molecular weight excluding hydrogens is 532 g/mol. The van der Waals surface area contributed by atoms with Gasteiger partial charge in [0.1, 0.15) is 0 Å². The zero-order chi connectivity index (χ0) is 23.9. The van der Waals surface area contributed by atoms with E-state index in [0.717, 1.165) is 5.56 Å². The molecule has 0 radical (unpaired) electrons. The Morgan fingerprint density at radius 2 is 1.19 bits per heavy atom. The third-order valence-corrected chi connectivity index (χ3v) is 8.58. The molecule has 0 bridgehead atoms. The summed E-state index contributed by atoms with van der Waals surface area (Å²) in [6, 6.07) is 9.76. The van der Waals surface area contributed by atoms with E-state index in [1.165, 1.54) is 12.1 Å². The van der Waals surface area contributed by atoms with Crippen LogP contribution in [0.4, 0.5) is 0 Å². The van der Waals surface area contributed by atoms with Crippen LogP contribution in [0.25, 0.3) is 0 Å². The molecule has 0 aromatic heterocycles. The quantitative estimate of drug-likeness (QED) is 0.139. The largest absolute Gasteiger partial charge is 0.459 e. The normalized spacial score (nSPS) is 11.4. The summed E-state index contributed by atoms with van der Waals surface area (Å²) in [5.74, 6) is -0.676. The molecule has 0 saturated heterocycles. The zero-order valence-electron chi connectivity index (χ0n) is 17.0. The van der Waals surface area contributed by atoms with Crippen LogP contribution in [0.15, 0.2) is 36.4 Å². The van der Waals surface area contributed by atoms with Crippen LogP contribution in [0.3, 0.4) is 0 Å². The molecule has 0 amide bonds. The highest BCUT2D eigenvalue weighted by atomic mass is 35.5. The van der Waals surface area contributed by atoms with Gasteiger partial charge in [-0.1, -0.05) is 92.4 Å². The number of halogens is 5. The molecular formula is C23H15Cl5O3P+. The monoisotopic (exact) mass is 545 g/mol. The van der Waals surface area contributed by atoms with E-state index in [4.69, 9.17) is 58.0 Å². The maximum Gasteiger partial charge on any atom is 0.459 e. The van der Waals surface area contributed by atoms with Crippen LogP contribution in [0, 0.1) is 20.8 Å². The van der Waals surface area contributed by atoms with Crippen LogP contribution < -0.4 is 5.30 Å². The van der Waals surface area contributed by atoms with Crippen molar-refractivity contribution in [2.24, 2.45) is 0 Å². The van der Waals surface area contributed by atoms with Crippen LogP contribution in [-0.4, -0.2) is 11.3 Å². The van der Waals surface area contributed by atoms with Gasteiger partial charge in [0.25, 0.3) is 0 Å². The van der Waals surface area contributed by atoms with Crippen molar-refractivity contribution in [2.45, 2.75) is 20.8 Å². The van der Waals surface area contributed by atoms with E-state index in [0.29, 0.717) is 16.7 Å². The standard InChI is InChI=1S/C23H15Cl5O3P/c1-10-8-11(2)15(12(3)9-10)23(30)32(31)14-7-5-4-6-13(14)22(29)16-17(24)19(26)21(28)20(27)18(16)25/h4-9H,1-3H3/q+1. The first kappa shape index (κ1) is 25.2. The van der Waals surface area contributed by atoms with Gasteiger partial charge in [-0.05, 0) is 44.0 Å². The fourth-order valence-corrected chi connectivity index (χ4v) is 6.21. The lowest BCUT2D eigenvalue weighted by molar-refractivity contribution is 0.103. The Morgan fingerprint density at radius 3 is 1.72 bits per heavy atom. The molecule has 0 spiro atoms. The number of ketones is 1. The van der Waals surface area contributed by atoms with Crippen molar-refractivity contribution < 1.29 is 14.2 Å². The van der Waals surface area contributed by atoms with Gasteiger partial charge in [0.15, 0.2) is 0 Å². The highest BCUT2D eigenvalue weighted by molar-refractivity contribution is 7.71. The molecule has 0 aliphatic heterocycles. The Balaban J connectivity index is 2.15. The minimum absolute atomic E-state index is 0.00244. The van der Waals surface area contributed by atoms with E-state index >= 15 is 0 Å². The smallest absolute Gasteiger partial charge is 0.288 e. The Morgan fingerprint density at radius 1 is 0.719 bits per heavy atom.